The molecule has 0 aliphatic heterocycles. The van der Waals surface area contributed by atoms with Crippen molar-refractivity contribution < 1.29 is 10.2 Å². The fourth-order valence-corrected chi connectivity index (χ4v) is 3.30. The van der Waals surface area contributed by atoms with Crippen molar-refractivity contribution in [2.24, 2.45) is 5.92 Å². The van der Waals surface area contributed by atoms with Crippen LogP contribution in [0.5, 0.6) is 0 Å². The highest BCUT2D eigenvalue weighted by Crippen LogP contribution is 2.40. The van der Waals surface area contributed by atoms with Gasteiger partial charge in [-0.05, 0) is 26.8 Å². The lowest BCUT2D eigenvalue weighted by atomic mass is 9.84. The van der Waals surface area contributed by atoms with Crippen molar-refractivity contribution in [2.45, 2.75) is 32.1 Å². The van der Waals surface area contributed by atoms with Crippen LogP contribution >= 0.6 is 11.3 Å². The summed E-state index contributed by atoms with van der Waals surface area (Å²) in [7, 11) is 1.68. The van der Waals surface area contributed by atoms with Gasteiger partial charge < -0.3 is 10.2 Å². The highest BCUT2D eigenvalue weighted by molar-refractivity contribution is 7.11. The number of aryl methyl sites for hydroxylation is 1. The zero-order valence-corrected chi connectivity index (χ0v) is 10.9. The van der Waals surface area contributed by atoms with Gasteiger partial charge >= 0.3 is 0 Å². The molecule has 94 valence electrons. The number of hydrogen-bond acceptors (Lipinski definition) is 5. The van der Waals surface area contributed by atoms with Gasteiger partial charge in [-0.1, -0.05) is 12.2 Å². The molecule has 0 amide bonds. The predicted molar refractivity (Wildman–Crippen MR) is 67.7 cm³/mol. The number of aliphatic hydroxyl groups is 2. The number of thiazole rings is 1. The van der Waals surface area contributed by atoms with Gasteiger partial charge in [0.25, 0.3) is 0 Å². The number of aliphatic hydroxyl groups excluding tert-OH is 2. The standard InChI is InChI=1S/C12H18N2O2S/c1-6(2)7-4-5-8-9(10(7)15)14-12(17-8)11(16)13-3/h7,10-11,13,15-16H,1,4-5H2,2-3H3. The second-order valence-corrected chi connectivity index (χ2v) is 5.60. The van der Waals surface area contributed by atoms with Crippen molar-refractivity contribution in [3.05, 3.63) is 27.7 Å². The van der Waals surface area contributed by atoms with Crippen LogP contribution in [0.1, 0.15) is 41.3 Å². The molecule has 1 heterocycles. The van der Waals surface area contributed by atoms with Crippen LogP contribution in [-0.2, 0) is 6.42 Å². The van der Waals surface area contributed by atoms with Crippen molar-refractivity contribution in [3.63, 3.8) is 0 Å². The minimum Gasteiger partial charge on any atom is -0.386 e. The largest absolute Gasteiger partial charge is 0.386 e. The maximum Gasteiger partial charge on any atom is 0.157 e. The topological polar surface area (TPSA) is 65.4 Å². The van der Waals surface area contributed by atoms with Gasteiger partial charge in [0.2, 0.25) is 0 Å². The fourth-order valence-electron chi connectivity index (χ4n) is 2.18. The maximum absolute atomic E-state index is 10.2. The van der Waals surface area contributed by atoms with Crippen molar-refractivity contribution in [3.8, 4) is 0 Å². The van der Waals surface area contributed by atoms with E-state index in [1.54, 1.807) is 7.05 Å². The molecule has 17 heavy (non-hydrogen) atoms. The Balaban J connectivity index is 2.30. The molecule has 0 radical (unpaired) electrons. The molecule has 0 saturated carbocycles. The summed E-state index contributed by atoms with van der Waals surface area (Å²) in [6, 6.07) is 0. The maximum atomic E-state index is 10.2. The average molecular weight is 254 g/mol. The summed E-state index contributed by atoms with van der Waals surface area (Å²) in [4.78, 5) is 5.43. The number of nitrogens with one attached hydrogen (secondary N) is 1. The van der Waals surface area contributed by atoms with E-state index in [4.69, 9.17) is 0 Å². The smallest absolute Gasteiger partial charge is 0.157 e. The molecule has 2 rings (SSSR count). The predicted octanol–water partition coefficient (Wildman–Crippen LogP) is 1.53. The molecule has 0 aromatic carbocycles. The van der Waals surface area contributed by atoms with Gasteiger partial charge in [0.1, 0.15) is 11.1 Å². The Morgan fingerprint density at radius 3 is 2.94 bits per heavy atom. The Morgan fingerprint density at radius 2 is 2.35 bits per heavy atom. The molecule has 5 heteroatoms. The van der Waals surface area contributed by atoms with Crippen LogP contribution in [0.4, 0.5) is 0 Å². The Bertz CT molecular complexity index is 430. The van der Waals surface area contributed by atoms with Crippen molar-refractivity contribution in [1.82, 2.24) is 10.3 Å². The molecular formula is C12H18N2O2S. The SMILES string of the molecule is C=C(C)C1CCc2sc(C(O)NC)nc2C1O. The molecule has 0 saturated heterocycles. The van der Waals surface area contributed by atoms with Crippen LogP contribution in [0, 0.1) is 5.92 Å². The normalized spacial score (nSPS) is 25.4. The summed E-state index contributed by atoms with van der Waals surface area (Å²) < 4.78 is 0. The van der Waals surface area contributed by atoms with Crippen LogP contribution in [0.2, 0.25) is 0 Å². The molecule has 0 spiro atoms. The van der Waals surface area contributed by atoms with E-state index in [1.165, 1.54) is 11.3 Å². The number of rotatable bonds is 3. The summed E-state index contributed by atoms with van der Waals surface area (Å²) in [5.41, 5.74) is 1.71. The Morgan fingerprint density at radius 1 is 1.65 bits per heavy atom. The van der Waals surface area contributed by atoms with Crippen molar-refractivity contribution in [1.29, 1.82) is 0 Å². The van der Waals surface area contributed by atoms with E-state index < -0.39 is 12.3 Å². The number of nitrogens with zero attached hydrogens (tertiary/aromatic N) is 1. The van der Waals surface area contributed by atoms with Gasteiger partial charge in [-0.15, -0.1) is 11.3 Å². The molecule has 0 bridgehead atoms. The van der Waals surface area contributed by atoms with Crippen molar-refractivity contribution in [2.75, 3.05) is 7.05 Å². The zero-order valence-electron chi connectivity index (χ0n) is 10.1. The van der Waals surface area contributed by atoms with Crippen LogP contribution < -0.4 is 5.32 Å². The highest BCUT2D eigenvalue weighted by atomic mass is 32.1. The lowest BCUT2D eigenvalue weighted by molar-refractivity contribution is 0.107. The lowest BCUT2D eigenvalue weighted by Gasteiger charge is -2.27. The summed E-state index contributed by atoms with van der Waals surface area (Å²) in [5, 5.41) is 23.3. The third-order valence-corrected chi connectivity index (χ3v) is 4.41. The van der Waals surface area contributed by atoms with Crippen LogP contribution in [0.15, 0.2) is 12.2 Å². The molecule has 1 aromatic rings. The Labute approximate surface area is 105 Å². The quantitative estimate of drug-likeness (QED) is 0.565. The number of hydrogen-bond donors (Lipinski definition) is 3. The van der Waals surface area contributed by atoms with E-state index in [2.05, 4.69) is 16.9 Å². The zero-order chi connectivity index (χ0) is 12.6. The second-order valence-electron chi connectivity index (χ2n) is 4.49. The molecule has 0 fully saturated rings. The van der Waals surface area contributed by atoms with Crippen LogP contribution in [0.25, 0.3) is 0 Å². The van der Waals surface area contributed by atoms with E-state index in [0.717, 1.165) is 29.0 Å². The summed E-state index contributed by atoms with van der Waals surface area (Å²) in [6.07, 6.45) is 0.477. The molecule has 1 aliphatic carbocycles. The van der Waals surface area contributed by atoms with E-state index in [9.17, 15) is 10.2 Å². The Hall–Kier alpha value is -0.750. The Kier molecular flexibility index (Phi) is 3.63. The minimum absolute atomic E-state index is 0.0872. The van der Waals surface area contributed by atoms with Crippen LogP contribution in [0.3, 0.4) is 0 Å². The van der Waals surface area contributed by atoms with E-state index in [0.29, 0.717) is 5.01 Å². The number of aromatic nitrogens is 1. The third-order valence-electron chi connectivity index (χ3n) is 3.23. The number of fused-ring (bicyclic) bond motifs is 1. The van der Waals surface area contributed by atoms with Crippen LogP contribution in [-0.4, -0.2) is 22.2 Å². The van der Waals surface area contributed by atoms with Gasteiger partial charge in [0, 0.05) is 10.8 Å². The monoisotopic (exact) mass is 254 g/mol. The summed E-state index contributed by atoms with van der Waals surface area (Å²) in [5.74, 6) is 0.0872. The summed E-state index contributed by atoms with van der Waals surface area (Å²) >= 11 is 1.47. The van der Waals surface area contributed by atoms with E-state index >= 15 is 0 Å². The van der Waals surface area contributed by atoms with Gasteiger partial charge in [0.05, 0.1) is 5.69 Å². The first kappa shape index (κ1) is 12.7. The van der Waals surface area contributed by atoms with Gasteiger partial charge in [-0.2, -0.15) is 0 Å². The molecule has 1 aromatic heterocycles. The molecule has 1 aliphatic rings. The fraction of sp³-hybridized carbons (Fsp3) is 0.583. The lowest BCUT2D eigenvalue weighted by Crippen LogP contribution is -2.21. The first-order valence-electron chi connectivity index (χ1n) is 5.73. The molecular weight excluding hydrogens is 236 g/mol. The van der Waals surface area contributed by atoms with Crippen molar-refractivity contribution >= 4 is 11.3 Å². The third kappa shape index (κ3) is 2.28. The second kappa shape index (κ2) is 4.86. The summed E-state index contributed by atoms with van der Waals surface area (Å²) in [6.45, 7) is 5.85. The first-order chi connectivity index (χ1) is 8.04. The van der Waals surface area contributed by atoms with E-state index in [1.807, 2.05) is 6.92 Å². The van der Waals surface area contributed by atoms with Gasteiger partial charge in [-0.3, -0.25) is 5.32 Å². The highest BCUT2D eigenvalue weighted by Gasteiger charge is 2.32. The molecule has 3 atom stereocenters. The molecule has 3 unspecified atom stereocenters. The molecule has 4 nitrogen and oxygen atoms in total. The first-order valence-corrected chi connectivity index (χ1v) is 6.54. The average Bonchev–Trinajstić information content (AvgIpc) is 2.72. The van der Waals surface area contributed by atoms with Gasteiger partial charge in [0.15, 0.2) is 6.23 Å². The molecule has 3 N–H and O–H groups in total. The van der Waals surface area contributed by atoms with Gasteiger partial charge in [-0.25, -0.2) is 4.98 Å². The van der Waals surface area contributed by atoms with E-state index in [-0.39, 0.29) is 5.92 Å². The minimum atomic E-state index is -0.749.